The number of benzene rings is 1. The Morgan fingerprint density at radius 3 is 2.76 bits per heavy atom. The number of rotatable bonds is 2. The molecule has 2 aromatic rings. The molecule has 0 spiro atoms. The zero-order chi connectivity index (χ0) is 11.9. The number of carbonyl (C=O) groups is 1. The molecule has 1 aromatic carbocycles. The first kappa shape index (κ1) is 10.3. The molecule has 0 atom stereocenters. The van der Waals surface area contributed by atoms with Gasteiger partial charge in [0.05, 0.1) is 18.0 Å². The number of fused-ring (bicyclic) bond motifs is 1. The first-order valence-electron chi connectivity index (χ1n) is 5.70. The number of aromatic nitrogens is 1. The highest BCUT2D eigenvalue weighted by molar-refractivity contribution is 5.94. The van der Waals surface area contributed by atoms with Gasteiger partial charge >= 0.3 is 5.97 Å². The normalized spacial score (nSPS) is 16.8. The van der Waals surface area contributed by atoms with Crippen LogP contribution >= 0.6 is 0 Å². The minimum absolute atomic E-state index is 0.131. The van der Waals surface area contributed by atoms with E-state index in [1.165, 1.54) is 7.11 Å². The summed E-state index contributed by atoms with van der Waals surface area (Å²) in [5.74, 6) is -0.131. The molecule has 0 N–H and O–H groups in total. The van der Waals surface area contributed by atoms with Gasteiger partial charge in [-0.15, -0.1) is 0 Å². The monoisotopic (exact) mass is 227 g/mol. The van der Waals surface area contributed by atoms with Gasteiger partial charge in [0.15, 0.2) is 0 Å². The SMILES string of the molecule is COC(=O)C1(c2ccnc3ccccc23)CC1. The van der Waals surface area contributed by atoms with Crippen molar-refractivity contribution < 1.29 is 9.53 Å². The molecule has 86 valence electrons. The maximum Gasteiger partial charge on any atom is 0.316 e. The second-order valence-corrected chi connectivity index (χ2v) is 4.45. The lowest BCUT2D eigenvalue weighted by molar-refractivity contribution is -0.143. The molecule has 0 bridgehead atoms. The summed E-state index contributed by atoms with van der Waals surface area (Å²) in [5, 5.41) is 1.05. The van der Waals surface area contributed by atoms with E-state index in [1.807, 2.05) is 30.3 Å². The Balaban J connectivity index is 2.21. The molecule has 3 nitrogen and oxygen atoms in total. The molecule has 0 saturated heterocycles. The summed E-state index contributed by atoms with van der Waals surface area (Å²) in [4.78, 5) is 16.2. The number of hydrogen-bond acceptors (Lipinski definition) is 3. The Morgan fingerprint density at radius 2 is 2.06 bits per heavy atom. The summed E-state index contributed by atoms with van der Waals surface area (Å²) >= 11 is 0. The van der Waals surface area contributed by atoms with Gasteiger partial charge in [-0.2, -0.15) is 0 Å². The molecule has 17 heavy (non-hydrogen) atoms. The van der Waals surface area contributed by atoms with E-state index < -0.39 is 5.41 Å². The number of para-hydroxylation sites is 1. The second-order valence-electron chi connectivity index (χ2n) is 4.45. The van der Waals surface area contributed by atoms with E-state index in [0.29, 0.717) is 0 Å². The summed E-state index contributed by atoms with van der Waals surface area (Å²) in [6.45, 7) is 0. The largest absolute Gasteiger partial charge is 0.468 e. The van der Waals surface area contributed by atoms with Gasteiger partial charge in [0.1, 0.15) is 0 Å². The van der Waals surface area contributed by atoms with Crippen molar-refractivity contribution in [3.05, 3.63) is 42.1 Å². The summed E-state index contributed by atoms with van der Waals surface area (Å²) in [7, 11) is 1.45. The predicted octanol–water partition coefficient (Wildman–Crippen LogP) is 2.44. The van der Waals surface area contributed by atoms with Crippen molar-refractivity contribution in [2.45, 2.75) is 18.3 Å². The molecule has 1 aromatic heterocycles. The molecule has 0 unspecified atom stereocenters. The van der Waals surface area contributed by atoms with Crippen molar-refractivity contribution in [1.82, 2.24) is 4.98 Å². The Kier molecular flexibility index (Phi) is 2.15. The third-order valence-corrected chi connectivity index (χ3v) is 3.49. The topological polar surface area (TPSA) is 39.2 Å². The molecule has 0 radical (unpaired) electrons. The lowest BCUT2D eigenvalue weighted by Gasteiger charge is -2.15. The predicted molar refractivity (Wildman–Crippen MR) is 64.7 cm³/mol. The maximum atomic E-state index is 11.9. The summed E-state index contributed by atoms with van der Waals surface area (Å²) in [6, 6.07) is 9.84. The smallest absolute Gasteiger partial charge is 0.316 e. The van der Waals surface area contributed by atoms with E-state index in [0.717, 1.165) is 29.3 Å². The zero-order valence-electron chi connectivity index (χ0n) is 9.64. The molecule has 3 heteroatoms. The minimum atomic E-state index is -0.419. The highest BCUT2D eigenvalue weighted by Crippen LogP contribution is 2.50. The number of esters is 1. The average molecular weight is 227 g/mol. The zero-order valence-corrected chi connectivity index (χ0v) is 9.64. The van der Waals surface area contributed by atoms with E-state index in [9.17, 15) is 4.79 Å². The van der Waals surface area contributed by atoms with Crippen LogP contribution in [0.2, 0.25) is 0 Å². The van der Waals surface area contributed by atoms with Crippen LogP contribution in [0.5, 0.6) is 0 Å². The third kappa shape index (κ3) is 1.42. The number of hydrogen-bond donors (Lipinski definition) is 0. The summed E-state index contributed by atoms with van der Waals surface area (Å²) < 4.78 is 4.92. The fourth-order valence-corrected chi connectivity index (χ4v) is 2.42. The third-order valence-electron chi connectivity index (χ3n) is 3.49. The van der Waals surface area contributed by atoms with Crippen LogP contribution in [0.3, 0.4) is 0 Å². The van der Waals surface area contributed by atoms with Gasteiger partial charge in [0.2, 0.25) is 0 Å². The highest BCUT2D eigenvalue weighted by Gasteiger charge is 2.53. The van der Waals surface area contributed by atoms with Crippen LogP contribution in [0.4, 0.5) is 0 Å². The van der Waals surface area contributed by atoms with Crippen molar-refractivity contribution in [2.75, 3.05) is 7.11 Å². The molecule has 1 saturated carbocycles. The van der Waals surface area contributed by atoms with Crippen LogP contribution in [0.15, 0.2) is 36.5 Å². The standard InChI is InChI=1S/C14H13NO2/c1-17-13(16)14(7-8-14)11-6-9-15-12-5-3-2-4-10(11)12/h2-6,9H,7-8H2,1H3. The first-order valence-corrected chi connectivity index (χ1v) is 5.70. The minimum Gasteiger partial charge on any atom is -0.468 e. The molecule has 1 heterocycles. The van der Waals surface area contributed by atoms with Crippen LogP contribution in [0.25, 0.3) is 10.9 Å². The van der Waals surface area contributed by atoms with E-state index >= 15 is 0 Å². The van der Waals surface area contributed by atoms with Gasteiger partial charge in [0, 0.05) is 11.6 Å². The molecule has 0 amide bonds. The van der Waals surface area contributed by atoms with Crippen molar-refractivity contribution in [3.8, 4) is 0 Å². The summed E-state index contributed by atoms with van der Waals surface area (Å²) in [6.07, 6.45) is 3.50. The molecule has 0 aliphatic heterocycles. The van der Waals surface area contributed by atoms with E-state index in [4.69, 9.17) is 4.74 Å². The highest BCUT2D eigenvalue weighted by atomic mass is 16.5. The lowest BCUT2D eigenvalue weighted by Crippen LogP contribution is -2.22. The molecule has 1 fully saturated rings. The van der Waals surface area contributed by atoms with Gasteiger partial charge in [-0.3, -0.25) is 9.78 Å². The molecular formula is C14H13NO2. The van der Waals surface area contributed by atoms with Crippen LogP contribution in [0.1, 0.15) is 18.4 Å². The number of carbonyl (C=O) groups excluding carboxylic acids is 1. The molecular weight excluding hydrogens is 214 g/mol. The van der Waals surface area contributed by atoms with E-state index in [2.05, 4.69) is 4.98 Å². The first-order chi connectivity index (χ1) is 8.28. The number of nitrogens with zero attached hydrogens (tertiary/aromatic N) is 1. The van der Waals surface area contributed by atoms with E-state index in [-0.39, 0.29) is 5.97 Å². The van der Waals surface area contributed by atoms with Crippen LogP contribution in [-0.2, 0) is 14.9 Å². The van der Waals surface area contributed by atoms with Crippen molar-refractivity contribution >= 4 is 16.9 Å². The summed E-state index contributed by atoms with van der Waals surface area (Å²) in [5.41, 5.74) is 1.56. The average Bonchev–Trinajstić information content (AvgIpc) is 3.18. The molecule has 3 rings (SSSR count). The van der Waals surface area contributed by atoms with Crippen molar-refractivity contribution in [1.29, 1.82) is 0 Å². The second kappa shape index (κ2) is 3.55. The number of ether oxygens (including phenoxy) is 1. The lowest BCUT2D eigenvalue weighted by atomic mass is 9.93. The Bertz CT molecular complexity index is 582. The van der Waals surface area contributed by atoms with Gasteiger partial charge < -0.3 is 4.74 Å². The van der Waals surface area contributed by atoms with Crippen molar-refractivity contribution in [2.24, 2.45) is 0 Å². The van der Waals surface area contributed by atoms with Gasteiger partial charge in [0.25, 0.3) is 0 Å². The Morgan fingerprint density at radius 1 is 1.29 bits per heavy atom. The van der Waals surface area contributed by atoms with Crippen LogP contribution in [-0.4, -0.2) is 18.1 Å². The van der Waals surface area contributed by atoms with Gasteiger partial charge in [-0.25, -0.2) is 0 Å². The van der Waals surface area contributed by atoms with Crippen molar-refractivity contribution in [3.63, 3.8) is 0 Å². The number of pyridine rings is 1. The molecule has 1 aliphatic carbocycles. The van der Waals surface area contributed by atoms with Crippen LogP contribution < -0.4 is 0 Å². The quantitative estimate of drug-likeness (QED) is 0.740. The maximum absolute atomic E-state index is 11.9. The number of methoxy groups -OCH3 is 1. The fraction of sp³-hybridized carbons (Fsp3) is 0.286. The van der Waals surface area contributed by atoms with E-state index in [1.54, 1.807) is 6.20 Å². The fourth-order valence-electron chi connectivity index (χ4n) is 2.42. The van der Waals surface area contributed by atoms with Gasteiger partial charge in [-0.05, 0) is 30.5 Å². The Labute approximate surface area is 99.4 Å². The van der Waals surface area contributed by atoms with Crippen LogP contribution in [0, 0.1) is 0 Å². The van der Waals surface area contributed by atoms with Gasteiger partial charge in [-0.1, -0.05) is 18.2 Å². The molecule has 1 aliphatic rings. The Hall–Kier alpha value is -1.90.